The molecule has 0 spiro atoms. The molecule has 4 heteroatoms. The summed E-state index contributed by atoms with van der Waals surface area (Å²) in [6, 6.07) is 3.65. The third kappa shape index (κ3) is 3.27. The highest BCUT2D eigenvalue weighted by Gasteiger charge is 2.35. The number of hydrogen-bond donors (Lipinski definition) is 1. The maximum atomic E-state index is 14.2. The largest absolute Gasteiger partial charge is 0.313 e. The van der Waals surface area contributed by atoms with E-state index < -0.39 is 0 Å². The molecule has 1 aliphatic heterocycles. The highest BCUT2D eigenvalue weighted by Crippen LogP contribution is 2.36. The predicted octanol–water partition coefficient (Wildman–Crippen LogP) is 3.55. The van der Waals surface area contributed by atoms with E-state index in [9.17, 15) is 8.78 Å². The summed E-state index contributed by atoms with van der Waals surface area (Å²) >= 11 is 0. The summed E-state index contributed by atoms with van der Waals surface area (Å²) in [7, 11) is 0. The molecule has 1 saturated heterocycles. The molecular weight excluding hydrogens is 270 g/mol. The average Bonchev–Trinajstić information content (AvgIpc) is 3.16. The van der Waals surface area contributed by atoms with Gasteiger partial charge < -0.3 is 5.32 Å². The molecule has 3 rings (SSSR count). The monoisotopic (exact) mass is 294 g/mol. The van der Waals surface area contributed by atoms with Gasteiger partial charge in [-0.25, -0.2) is 8.78 Å². The summed E-state index contributed by atoms with van der Waals surface area (Å²) in [5.41, 5.74) is 0.863. The van der Waals surface area contributed by atoms with E-state index in [4.69, 9.17) is 0 Å². The molecule has 21 heavy (non-hydrogen) atoms. The molecule has 0 bridgehead atoms. The van der Waals surface area contributed by atoms with Gasteiger partial charge in [0, 0.05) is 30.2 Å². The minimum absolute atomic E-state index is 0.0741. The van der Waals surface area contributed by atoms with E-state index >= 15 is 0 Å². The summed E-state index contributed by atoms with van der Waals surface area (Å²) in [6.07, 6.45) is 4.74. The summed E-state index contributed by atoms with van der Waals surface area (Å²) < 4.78 is 28.0. The lowest BCUT2D eigenvalue weighted by molar-refractivity contribution is 0.178. The van der Waals surface area contributed by atoms with Crippen LogP contribution in [0.15, 0.2) is 12.1 Å². The lowest BCUT2D eigenvalue weighted by Gasteiger charge is -2.32. The van der Waals surface area contributed by atoms with Crippen LogP contribution < -0.4 is 5.32 Å². The Kier molecular flexibility index (Phi) is 4.27. The Morgan fingerprint density at radius 1 is 1.24 bits per heavy atom. The van der Waals surface area contributed by atoms with Gasteiger partial charge in [0.1, 0.15) is 11.6 Å². The van der Waals surface area contributed by atoms with Crippen LogP contribution in [0, 0.1) is 18.6 Å². The molecule has 0 radical (unpaired) electrons. The molecule has 2 aliphatic rings. The lowest BCUT2D eigenvalue weighted by atomic mass is 10.0. The van der Waals surface area contributed by atoms with Crippen LogP contribution in [-0.2, 0) is 0 Å². The highest BCUT2D eigenvalue weighted by atomic mass is 19.1. The Morgan fingerprint density at radius 2 is 2.00 bits per heavy atom. The standard InChI is InChI=1S/C17H24F2N2/c1-11-8-17(19)15(9-16(11)18)12(2)21(14-5-6-14)10-13-4-3-7-20-13/h8-9,12-14,20H,3-7,10H2,1-2H3. The van der Waals surface area contributed by atoms with Gasteiger partial charge in [0.15, 0.2) is 0 Å². The van der Waals surface area contributed by atoms with Crippen molar-refractivity contribution in [3.63, 3.8) is 0 Å². The van der Waals surface area contributed by atoms with Crippen molar-refractivity contribution < 1.29 is 8.78 Å². The number of nitrogens with one attached hydrogen (secondary N) is 1. The van der Waals surface area contributed by atoms with Crippen LogP contribution in [0.3, 0.4) is 0 Å². The van der Waals surface area contributed by atoms with E-state index in [-0.39, 0.29) is 17.7 Å². The Hall–Kier alpha value is -1.00. The zero-order chi connectivity index (χ0) is 15.0. The van der Waals surface area contributed by atoms with Crippen LogP contribution in [0.2, 0.25) is 0 Å². The van der Waals surface area contributed by atoms with Crippen LogP contribution in [-0.4, -0.2) is 30.1 Å². The molecule has 0 aromatic heterocycles. The van der Waals surface area contributed by atoms with E-state index in [0.29, 0.717) is 23.2 Å². The smallest absolute Gasteiger partial charge is 0.128 e. The second kappa shape index (κ2) is 6.01. The first-order chi connectivity index (χ1) is 10.1. The minimum Gasteiger partial charge on any atom is -0.313 e. The molecule has 2 unspecified atom stereocenters. The van der Waals surface area contributed by atoms with Gasteiger partial charge in [-0.05, 0) is 63.8 Å². The molecule has 116 valence electrons. The topological polar surface area (TPSA) is 15.3 Å². The van der Waals surface area contributed by atoms with Crippen molar-refractivity contribution in [1.29, 1.82) is 0 Å². The van der Waals surface area contributed by atoms with Crippen molar-refractivity contribution in [2.45, 2.75) is 57.7 Å². The molecule has 2 fully saturated rings. The minimum atomic E-state index is -0.312. The molecule has 1 aromatic rings. The quantitative estimate of drug-likeness (QED) is 0.893. The van der Waals surface area contributed by atoms with E-state index in [1.54, 1.807) is 6.92 Å². The highest BCUT2D eigenvalue weighted by molar-refractivity contribution is 5.27. The van der Waals surface area contributed by atoms with Crippen molar-refractivity contribution in [3.8, 4) is 0 Å². The fourth-order valence-electron chi connectivity index (χ4n) is 3.36. The Morgan fingerprint density at radius 3 is 2.62 bits per heavy atom. The van der Waals surface area contributed by atoms with E-state index in [2.05, 4.69) is 10.2 Å². The molecule has 1 saturated carbocycles. The van der Waals surface area contributed by atoms with Gasteiger partial charge >= 0.3 is 0 Å². The summed E-state index contributed by atoms with van der Waals surface area (Å²) in [4.78, 5) is 2.36. The SMILES string of the molecule is Cc1cc(F)c(C(C)N(CC2CCCN2)C2CC2)cc1F. The van der Waals surface area contributed by atoms with Crippen molar-refractivity contribution in [1.82, 2.24) is 10.2 Å². The second-order valence-electron chi connectivity index (χ2n) is 6.52. The number of halogens is 2. The third-order valence-corrected chi connectivity index (χ3v) is 4.83. The second-order valence-corrected chi connectivity index (χ2v) is 6.52. The Balaban J connectivity index is 1.80. The number of rotatable bonds is 5. The number of benzene rings is 1. The van der Waals surface area contributed by atoms with Gasteiger partial charge in [0.25, 0.3) is 0 Å². The van der Waals surface area contributed by atoms with Gasteiger partial charge in [-0.15, -0.1) is 0 Å². The molecule has 1 aliphatic carbocycles. The maximum Gasteiger partial charge on any atom is 0.128 e. The van der Waals surface area contributed by atoms with Crippen LogP contribution in [0.25, 0.3) is 0 Å². The van der Waals surface area contributed by atoms with Crippen molar-refractivity contribution in [2.24, 2.45) is 0 Å². The van der Waals surface area contributed by atoms with Crippen LogP contribution in [0.5, 0.6) is 0 Å². The van der Waals surface area contributed by atoms with E-state index in [0.717, 1.165) is 13.1 Å². The van der Waals surface area contributed by atoms with E-state index in [1.807, 2.05) is 6.92 Å². The lowest BCUT2D eigenvalue weighted by Crippen LogP contribution is -2.40. The van der Waals surface area contributed by atoms with Crippen molar-refractivity contribution >= 4 is 0 Å². The average molecular weight is 294 g/mol. The summed E-state index contributed by atoms with van der Waals surface area (Å²) in [5.74, 6) is -0.598. The van der Waals surface area contributed by atoms with Crippen LogP contribution in [0.1, 0.15) is 49.8 Å². The van der Waals surface area contributed by atoms with Crippen molar-refractivity contribution in [2.75, 3.05) is 13.1 Å². The van der Waals surface area contributed by atoms with Crippen LogP contribution in [0.4, 0.5) is 8.78 Å². The molecule has 2 atom stereocenters. The first kappa shape index (κ1) is 14.9. The molecule has 1 aromatic carbocycles. The maximum absolute atomic E-state index is 14.2. The fourth-order valence-corrected chi connectivity index (χ4v) is 3.36. The van der Waals surface area contributed by atoms with Gasteiger partial charge in [-0.3, -0.25) is 4.90 Å². The van der Waals surface area contributed by atoms with Gasteiger partial charge in [-0.1, -0.05) is 0 Å². The number of aryl methyl sites for hydroxylation is 1. The predicted molar refractivity (Wildman–Crippen MR) is 80.3 cm³/mol. The van der Waals surface area contributed by atoms with Crippen molar-refractivity contribution in [3.05, 3.63) is 34.9 Å². The van der Waals surface area contributed by atoms with Gasteiger partial charge in [0.2, 0.25) is 0 Å². The molecule has 1 heterocycles. The molecule has 2 nitrogen and oxygen atoms in total. The number of hydrogen-bond acceptors (Lipinski definition) is 2. The first-order valence-corrected chi connectivity index (χ1v) is 8.01. The van der Waals surface area contributed by atoms with E-state index in [1.165, 1.54) is 37.8 Å². The summed E-state index contributed by atoms with van der Waals surface area (Å²) in [6.45, 7) is 5.61. The molecular formula is C17H24F2N2. The zero-order valence-corrected chi connectivity index (χ0v) is 12.8. The third-order valence-electron chi connectivity index (χ3n) is 4.83. The Labute approximate surface area is 125 Å². The normalized spacial score (nSPS) is 23.8. The van der Waals surface area contributed by atoms with Gasteiger partial charge in [-0.2, -0.15) is 0 Å². The fraction of sp³-hybridized carbons (Fsp3) is 0.647. The number of nitrogens with zero attached hydrogens (tertiary/aromatic N) is 1. The molecule has 0 amide bonds. The molecule has 1 N–H and O–H groups in total. The first-order valence-electron chi connectivity index (χ1n) is 8.01. The zero-order valence-electron chi connectivity index (χ0n) is 12.8. The Bertz CT molecular complexity index is 508. The summed E-state index contributed by atoms with van der Waals surface area (Å²) in [5, 5.41) is 3.50. The van der Waals surface area contributed by atoms with Crippen LogP contribution >= 0.6 is 0 Å². The van der Waals surface area contributed by atoms with Gasteiger partial charge in [0.05, 0.1) is 0 Å².